The van der Waals surface area contributed by atoms with Gasteiger partial charge in [0.25, 0.3) is 0 Å². The Morgan fingerprint density at radius 2 is 1.20 bits per heavy atom. The summed E-state index contributed by atoms with van der Waals surface area (Å²) in [4.78, 5) is 16.8. The maximum atomic E-state index is 11.7. The Morgan fingerprint density at radius 3 is 1.71 bits per heavy atom. The highest BCUT2D eigenvalue weighted by atomic mass is 16.6. The molecule has 2 aliphatic heterocycles. The summed E-state index contributed by atoms with van der Waals surface area (Å²) in [7, 11) is 0. The van der Waals surface area contributed by atoms with Gasteiger partial charge in [-0.3, -0.25) is 9.80 Å². The third kappa shape index (κ3) is 14.8. The van der Waals surface area contributed by atoms with E-state index in [9.17, 15) is 4.79 Å². The number of alkyl carbamates (subject to hydrolysis) is 1. The van der Waals surface area contributed by atoms with Crippen molar-refractivity contribution < 1.29 is 38.0 Å². The molecular weight excluding hydrogens is 530 g/mol. The molecule has 2 atom stereocenters. The predicted molar refractivity (Wildman–Crippen MR) is 155 cm³/mol. The van der Waals surface area contributed by atoms with Crippen molar-refractivity contribution >= 4 is 6.09 Å². The molecule has 11 heteroatoms. The van der Waals surface area contributed by atoms with Gasteiger partial charge in [-0.1, -0.05) is 37.3 Å². The summed E-state index contributed by atoms with van der Waals surface area (Å²) >= 11 is 0. The Balaban J connectivity index is 1.05. The number of fused-ring (bicyclic) bond motifs is 2. The Labute approximate surface area is 245 Å². The molecule has 0 unspecified atom stereocenters. The number of amides is 1. The summed E-state index contributed by atoms with van der Waals surface area (Å²) in [5.41, 5.74) is 0.958. The second kappa shape index (κ2) is 21.8. The van der Waals surface area contributed by atoms with Gasteiger partial charge < -0.3 is 38.5 Å². The summed E-state index contributed by atoms with van der Waals surface area (Å²) in [6.07, 6.45) is 1.83. The van der Waals surface area contributed by atoms with E-state index in [-0.39, 0.29) is 6.61 Å². The first-order valence-electron chi connectivity index (χ1n) is 15.2. The topological polar surface area (TPSA) is 100 Å². The highest BCUT2D eigenvalue weighted by Crippen LogP contribution is 2.29. The van der Waals surface area contributed by atoms with Crippen LogP contribution in [0.3, 0.4) is 0 Å². The summed E-state index contributed by atoms with van der Waals surface area (Å²) in [6, 6.07) is 10.8. The lowest BCUT2D eigenvalue weighted by Gasteiger charge is -2.34. The molecule has 2 fully saturated rings. The van der Waals surface area contributed by atoms with Gasteiger partial charge in [0.2, 0.25) is 0 Å². The van der Waals surface area contributed by atoms with E-state index in [1.807, 2.05) is 30.3 Å². The van der Waals surface area contributed by atoms with Crippen LogP contribution in [-0.4, -0.2) is 140 Å². The molecule has 2 heterocycles. The average molecular weight is 582 g/mol. The lowest BCUT2D eigenvalue weighted by Crippen LogP contribution is -2.48. The second-order valence-corrected chi connectivity index (χ2v) is 10.2. The van der Waals surface area contributed by atoms with Crippen molar-refractivity contribution in [1.29, 1.82) is 0 Å². The van der Waals surface area contributed by atoms with Crippen molar-refractivity contribution in [3.05, 3.63) is 35.9 Å². The number of likely N-dealkylation sites (tertiary alicyclic amines) is 2. The van der Waals surface area contributed by atoms with Gasteiger partial charge in [-0.2, -0.15) is 0 Å². The standard InChI is InChI=1S/C30H51N3O8/c1-2-11-35-15-19-39-21-22-40-20-18-38-14-10-33-25-28-23-29(33)24-32(28)9-13-37-17-16-36-12-8-31-30(34)41-26-27-6-4-3-5-7-27/h3-7,28-29H,2,8-26H2,1H3,(H,31,34)/t28-,29-/m0/s1. The Morgan fingerprint density at radius 1 is 0.707 bits per heavy atom. The maximum Gasteiger partial charge on any atom is 0.407 e. The second-order valence-electron chi connectivity index (χ2n) is 10.2. The molecule has 0 radical (unpaired) electrons. The van der Waals surface area contributed by atoms with E-state index in [4.69, 9.17) is 33.2 Å². The number of nitrogens with zero attached hydrogens (tertiary/aromatic N) is 2. The van der Waals surface area contributed by atoms with Gasteiger partial charge in [0.15, 0.2) is 0 Å². The van der Waals surface area contributed by atoms with Gasteiger partial charge in [0.05, 0.1) is 72.7 Å². The summed E-state index contributed by atoms with van der Waals surface area (Å²) in [6.45, 7) is 14.3. The maximum absolute atomic E-state index is 11.7. The third-order valence-electron chi connectivity index (χ3n) is 7.08. The van der Waals surface area contributed by atoms with Crippen molar-refractivity contribution in [2.75, 3.05) is 112 Å². The molecule has 0 aromatic heterocycles. The van der Waals surface area contributed by atoms with Gasteiger partial charge in [-0.05, 0) is 18.4 Å². The predicted octanol–water partition coefficient (Wildman–Crippen LogP) is 2.18. The number of ether oxygens (including phenoxy) is 7. The first-order valence-corrected chi connectivity index (χ1v) is 15.2. The minimum Gasteiger partial charge on any atom is -0.445 e. The highest BCUT2D eigenvalue weighted by Gasteiger charge is 2.42. The fourth-order valence-electron chi connectivity index (χ4n) is 4.97. The van der Waals surface area contributed by atoms with Gasteiger partial charge in [-0.15, -0.1) is 0 Å². The van der Waals surface area contributed by atoms with Crippen LogP contribution < -0.4 is 5.32 Å². The van der Waals surface area contributed by atoms with E-state index in [2.05, 4.69) is 22.0 Å². The van der Waals surface area contributed by atoms with E-state index < -0.39 is 6.09 Å². The number of benzene rings is 1. The van der Waals surface area contributed by atoms with Gasteiger partial charge in [-0.25, -0.2) is 4.79 Å². The van der Waals surface area contributed by atoms with Crippen LogP contribution in [0.5, 0.6) is 0 Å². The molecule has 1 amide bonds. The Bertz CT molecular complexity index is 790. The SMILES string of the molecule is CCCOCCOCCOCCOCCN1C[C@@H]2C[C@H]1CN2CCOCCOCCNC(=O)OCc1ccccc1. The van der Waals surface area contributed by atoms with Crippen molar-refractivity contribution in [3.8, 4) is 0 Å². The van der Waals surface area contributed by atoms with Gasteiger partial charge in [0.1, 0.15) is 6.61 Å². The number of rotatable bonds is 25. The van der Waals surface area contributed by atoms with Crippen LogP contribution in [0, 0.1) is 0 Å². The zero-order chi connectivity index (χ0) is 28.8. The van der Waals surface area contributed by atoms with Crippen LogP contribution in [-0.2, 0) is 39.8 Å². The molecule has 41 heavy (non-hydrogen) atoms. The minimum absolute atomic E-state index is 0.260. The quantitative estimate of drug-likeness (QED) is 0.173. The summed E-state index contributed by atoms with van der Waals surface area (Å²) < 4.78 is 38.6. The summed E-state index contributed by atoms with van der Waals surface area (Å²) in [5, 5.41) is 2.69. The molecule has 0 saturated carbocycles. The number of hydrogen-bond acceptors (Lipinski definition) is 10. The first kappa shape index (κ1) is 33.7. The van der Waals surface area contributed by atoms with Gasteiger partial charge in [0, 0.05) is 51.4 Å². The molecule has 234 valence electrons. The molecule has 1 N–H and O–H groups in total. The van der Waals surface area contributed by atoms with E-state index in [1.165, 1.54) is 6.42 Å². The van der Waals surface area contributed by atoms with E-state index in [1.54, 1.807) is 0 Å². The fourth-order valence-corrected chi connectivity index (χ4v) is 4.97. The monoisotopic (exact) mass is 581 g/mol. The van der Waals surface area contributed by atoms with Crippen LogP contribution in [0.25, 0.3) is 0 Å². The lowest BCUT2D eigenvalue weighted by atomic mass is 10.2. The molecule has 1 aromatic carbocycles. The van der Waals surface area contributed by atoms with Crippen LogP contribution >= 0.6 is 0 Å². The van der Waals surface area contributed by atoms with E-state index in [0.717, 1.165) is 51.4 Å². The van der Waals surface area contributed by atoms with Crippen LogP contribution in [0.1, 0.15) is 25.3 Å². The normalized spacial score (nSPS) is 18.8. The minimum atomic E-state index is -0.439. The Kier molecular flexibility index (Phi) is 17.9. The van der Waals surface area contributed by atoms with Crippen molar-refractivity contribution in [2.24, 2.45) is 0 Å². The van der Waals surface area contributed by atoms with Crippen LogP contribution in [0.15, 0.2) is 30.3 Å². The van der Waals surface area contributed by atoms with E-state index >= 15 is 0 Å². The number of nitrogens with one attached hydrogen (secondary N) is 1. The highest BCUT2D eigenvalue weighted by molar-refractivity contribution is 5.67. The fraction of sp³-hybridized carbons (Fsp3) is 0.767. The molecule has 2 bridgehead atoms. The van der Waals surface area contributed by atoms with Crippen molar-refractivity contribution in [1.82, 2.24) is 15.1 Å². The first-order chi connectivity index (χ1) is 20.3. The van der Waals surface area contributed by atoms with Crippen LogP contribution in [0.2, 0.25) is 0 Å². The van der Waals surface area contributed by atoms with Crippen molar-refractivity contribution in [3.63, 3.8) is 0 Å². The average Bonchev–Trinajstić information content (AvgIpc) is 3.58. The van der Waals surface area contributed by atoms with Gasteiger partial charge >= 0.3 is 6.09 Å². The zero-order valence-corrected chi connectivity index (χ0v) is 24.8. The zero-order valence-electron chi connectivity index (χ0n) is 24.8. The number of carbonyl (C=O) groups excluding carboxylic acids is 1. The van der Waals surface area contributed by atoms with Crippen molar-refractivity contribution in [2.45, 2.75) is 38.5 Å². The molecule has 1 aromatic rings. The largest absolute Gasteiger partial charge is 0.445 e. The molecular formula is C30H51N3O8. The number of piperazine rings is 1. The molecule has 0 aliphatic carbocycles. The lowest BCUT2D eigenvalue weighted by molar-refractivity contribution is -0.00602. The molecule has 0 spiro atoms. The van der Waals surface area contributed by atoms with Crippen LogP contribution in [0.4, 0.5) is 4.79 Å². The molecule has 3 rings (SSSR count). The smallest absolute Gasteiger partial charge is 0.407 e. The Hall–Kier alpha value is -1.83. The molecule has 2 saturated heterocycles. The van der Waals surface area contributed by atoms with E-state index in [0.29, 0.717) is 84.7 Å². The molecule has 2 aliphatic rings. The summed E-state index contributed by atoms with van der Waals surface area (Å²) in [5.74, 6) is 0. The number of hydrogen-bond donors (Lipinski definition) is 1. The molecule has 11 nitrogen and oxygen atoms in total. The number of carbonyl (C=O) groups is 1. The third-order valence-corrected chi connectivity index (χ3v) is 7.08.